The van der Waals surface area contributed by atoms with Crippen molar-refractivity contribution in [2.24, 2.45) is 0 Å². The first-order valence-corrected chi connectivity index (χ1v) is 9.86. The summed E-state index contributed by atoms with van der Waals surface area (Å²) < 4.78 is 35.9. The maximum Gasteiger partial charge on any atom is 0.185 e. The van der Waals surface area contributed by atoms with Crippen molar-refractivity contribution in [3.8, 4) is 0 Å². The van der Waals surface area contributed by atoms with E-state index in [0.29, 0.717) is 26.4 Å². The van der Waals surface area contributed by atoms with Crippen molar-refractivity contribution in [3.05, 3.63) is 48.6 Å². The van der Waals surface area contributed by atoms with Gasteiger partial charge >= 0.3 is 0 Å². The van der Waals surface area contributed by atoms with Crippen molar-refractivity contribution >= 4 is 0 Å². The normalized spacial score (nSPS) is 36.6. The third kappa shape index (κ3) is 4.16. The number of fused-ring (bicyclic) bond motifs is 1. The standard InChI is InChI=1S/C21H29NO6/c1-3-11-25-19-17(22-9-12-24-13-10-22)18-16(27-21(19)23-2)14-26-20(28-18)15-7-5-4-6-8-15/h3-8,16-21H,1,9-14H2,2H3/t16-,17-,18-,19+,20-,21+/m1/s1. The van der Waals surface area contributed by atoms with E-state index in [0.717, 1.165) is 18.7 Å². The van der Waals surface area contributed by atoms with Gasteiger partial charge in [-0.2, -0.15) is 0 Å². The molecule has 0 unspecified atom stereocenters. The SMILES string of the molecule is C=CCO[C@@H]1[C@@H](OC)O[C@@H]2CO[C@@H](c3ccccc3)O[C@H]2[C@H]1N1CCOCC1. The summed E-state index contributed by atoms with van der Waals surface area (Å²) in [4.78, 5) is 2.37. The van der Waals surface area contributed by atoms with Crippen molar-refractivity contribution in [2.45, 2.75) is 36.9 Å². The number of hydrogen-bond acceptors (Lipinski definition) is 7. The molecule has 3 aliphatic rings. The molecule has 0 saturated carbocycles. The lowest BCUT2D eigenvalue weighted by Crippen LogP contribution is -2.68. The first-order valence-electron chi connectivity index (χ1n) is 9.86. The minimum atomic E-state index is -0.491. The van der Waals surface area contributed by atoms with Gasteiger partial charge in [-0.15, -0.1) is 6.58 Å². The van der Waals surface area contributed by atoms with E-state index in [2.05, 4.69) is 11.5 Å². The summed E-state index contributed by atoms with van der Waals surface area (Å²) in [7, 11) is 1.64. The molecule has 6 atom stereocenters. The van der Waals surface area contributed by atoms with Crippen LogP contribution >= 0.6 is 0 Å². The molecule has 1 aromatic carbocycles. The quantitative estimate of drug-likeness (QED) is 0.685. The molecule has 3 heterocycles. The zero-order chi connectivity index (χ0) is 19.3. The van der Waals surface area contributed by atoms with Gasteiger partial charge in [0.2, 0.25) is 0 Å². The molecular weight excluding hydrogens is 362 g/mol. The van der Waals surface area contributed by atoms with Crippen LogP contribution in [0.2, 0.25) is 0 Å². The van der Waals surface area contributed by atoms with Gasteiger partial charge in [-0.3, -0.25) is 4.90 Å². The molecule has 3 saturated heterocycles. The number of methoxy groups -OCH3 is 1. The molecule has 0 amide bonds. The van der Waals surface area contributed by atoms with E-state index in [1.54, 1.807) is 13.2 Å². The van der Waals surface area contributed by atoms with Crippen molar-refractivity contribution in [3.63, 3.8) is 0 Å². The maximum absolute atomic E-state index is 6.45. The van der Waals surface area contributed by atoms with E-state index in [1.165, 1.54) is 0 Å². The van der Waals surface area contributed by atoms with Crippen LogP contribution in [-0.2, 0) is 28.4 Å². The summed E-state index contributed by atoms with van der Waals surface area (Å²) in [6.45, 7) is 7.66. The number of rotatable bonds is 6. The Labute approximate surface area is 166 Å². The highest BCUT2D eigenvalue weighted by Gasteiger charge is 2.52. The molecule has 1 aromatic rings. The van der Waals surface area contributed by atoms with Crippen LogP contribution in [0, 0.1) is 0 Å². The smallest absolute Gasteiger partial charge is 0.185 e. The minimum absolute atomic E-state index is 0.0253. The fraction of sp³-hybridized carbons (Fsp3) is 0.619. The lowest BCUT2D eigenvalue weighted by Gasteiger charge is -2.52. The minimum Gasteiger partial charge on any atom is -0.379 e. The Morgan fingerprint density at radius 3 is 2.68 bits per heavy atom. The molecule has 0 radical (unpaired) electrons. The Morgan fingerprint density at radius 1 is 1.18 bits per heavy atom. The summed E-state index contributed by atoms with van der Waals surface area (Å²) in [5.41, 5.74) is 0.999. The summed E-state index contributed by atoms with van der Waals surface area (Å²) in [5.74, 6) is 0. The van der Waals surface area contributed by atoms with Gasteiger partial charge in [-0.05, 0) is 0 Å². The van der Waals surface area contributed by atoms with E-state index in [1.807, 2.05) is 30.3 Å². The Bertz CT molecular complexity index is 623. The van der Waals surface area contributed by atoms with Crippen LogP contribution in [0.25, 0.3) is 0 Å². The fourth-order valence-electron chi connectivity index (χ4n) is 4.18. The predicted molar refractivity (Wildman–Crippen MR) is 102 cm³/mol. The van der Waals surface area contributed by atoms with Crippen molar-refractivity contribution < 1.29 is 28.4 Å². The Morgan fingerprint density at radius 2 is 1.96 bits per heavy atom. The number of ether oxygens (including phenoxy) is 6. The highest BCUT2D eigenvalue weighted by atomic mass is 16.8. The highest BCUT2D eigenvalue weighted by Crippen LogP contribution is 2.37. The molecule has 0 spiro atoms. The van der Waals surface area contributed by atoms with E-state index in [9.17, 15) is 0 Å². The molecule has 4 rings (SSSR count). The average Bonchev–Trinajstić information content (AvgIpc) is 2.77. The average molecular weight is 391 g/mol. The molecule has 0 aliphatic carbocycles. The Hall–Kier alpha value is -1.32. The van der Waals surface area contributed by atoms with Crippen LogP contribution in [0.4, 0.5) is 0 Å². The van der Waals surface area contributed by atoms with Gasteiger partial charge in [0.25, 0.3) is 0 Å². The zero-order valence-electron chi connectivity index (χ0n) is 16.3. The topological polar surface area (TPSA) is 58.6 Å². The van der Waals surface area contributed by atoms with Gasteiger partial charge in [0.15, 0.2) is 12.6 Å². The first kappa shape index (κ1) is 20.0. The summed E-state index contributed by atoms with van der Waals surface area (Å²) in [5, 5.41) is 0. The molecule has 0 bridgehead atoms. The lowest BCUT2D eigenvalue weighted by molar-refractivity contribution is -0.355. The van der Waals surface area contributed by atoms with Gasteiger partial charge < -0.3 is 28.4 Å². The van der Waals surface area contributed by atoms with E-state index in [-0.39, 0.29) is 24.4 Å². The highest BCUT2D eigenvalue weighted by molar-refractivity contribution is 5.17. The van der Waals surface area contributed by atoms with Crippen molar-refractivity contribution in [1.29, 1.82) is 0 Å². The third-order valence-electron chi connectivity index (χ3n) is 5.49. The molecule has 3 aliphatic heterocycles. The second kappa shape index (κ2) is 9.45. The molecule has 154 valence electrons. The van der Waals surface area contributed by atoms with Gasteiger partial charge in [0.05, 0.1) is 32.5 Å². The lowest BCUT2D eigenvalue weighted by atomic mass is 9.93. The van der Waals surface area contributed by atoms with Gasteiger partial charge in [0.1, 0.15) is 18.3 Å². The monoisotopic (exact) mass is 391 g/mol. The second-order valence-corrected chi connectivity index (χ2v) is 7.18. The van der Waals surface area contributed by atoms with Crippen LogP contribution in [0.15, 0.2) is 43.0 Å². The summed E-state index contributed by atoms with van der Waals surface area (Å²) in [6.07, 6.45) is 0.118. The van der Waals surface area contributed by atoms with E-state index < -0.39 is 12.6 Å². The Kier molecular flexibility index (Phi) is 6.74. The molecule has 0 aromatic heterocycles. The largest absolute Gasteiger partial charge is 0.379 e. The van der Waals surface area contributed by atoms with Crippen LogP contribution < -0.4 is 0 Å². The molecule has 7 nitrogen and oxygen atoms in total. The molecule has 3 fully saturated rings. The molecule has 28 heavy (non-hydrogen) atoms. The summed E-state index contributed by atoms with van der Waals surface area (Å²) in [6, 6.07) is 9.97. The number of morpholine rings is 1. The van der Waals surface area contributed by atoms with Gasteiger partial charge in [0, 0.05) is 25.8 Å². The predicted octanol–water partition coefficient (Wildman–Crippen LogP) is 1.74. The molecular formula is C21H29NO6. The summed E-state index contributed by atoms with van der Waals surface area (Å²) >= 11 is 0. The van der Waals surface area contributed by atoms with Crippen molar-refractivity contribution in [2.75, 3.05) is 46.6 Å². The third-order valence-corrected chi connectivity index (χ3v) is 5.49. The Balaban J connectivity index is 1.60. The van der Waals surface area contributed by atoms with E-state index >= 15 is 0 Å². The maximum atomic E-state index is 6.45. The fourth-order valence-corrected chi connectivity index (χ4v) is 4.18. The first-order chi connectivity index (χ1) is 13.8. The van der Waals surface area contributed by atoms with E-state index in [4.69, 9.17) is 28.4 Å². The van der Waals surface area contributed by atoms with Gasteiger partial charge in [-0.25, -0.2) is 0 Å². The number of nitrogens with zero attached hydrogens (tertiary/aromatic N) is 1. The molecule has 0 N–H and O–H groups in total. The van der Waals surface area contributed by atoms with Crippen LogP contribution in [0.5, 0.6) is 0 Å². The van der Waals surface area contributed by atoms with Crippen LogP contribution in [0.3, 0.4) is 0 Å². The zero-order valence-corrected chi connectivity index (χ0v) is 16.3. The van der Waals surface area contributed by atoms with Gasteiger partial charge in [-0.1, -0.05) is 36.4 Å². The van der Waals surface area contributed by atoms with Crippen LogP contribution in [0.1, 0.15) is 11.9 Å². The second-order valence-electron chi connectivity index (χ2n) is 7.18. The number of benzene rings is 1. The van der Waals surface area contributed by atoms with Crippen molar-refractivity contribution in [1.82, 2.24) is 4.90 Å². The van der Waals surface area contributed by atoms with Crippen LogP contribution in [-0.4, -0.2) is 82.2 Å². The number of hydrogen-bond donors (Lipinski definition) is 0. The molecule has 7 heteroatoms.